The zero-order valence-electron chi connectivity index (χ0n) is 48.2. The molecule has 1 heterocycles. The van der Waals surface area contributed by atoms with E-state index >= 15 is 0 Å². The number of hydrogen-bond donors (Lipinski definition) is 3. The number of aliphatic hydroxyl groups excluding tert-OH is 1. The van der Waals surface area contributed by atoms with Crippen LogP contribution in [0.5, 0.6) is 23.0 Å². The third kappa shape index (κ3) is 28.9. The van der Waals surface area contributed by atoms with Gasteiger partial charge in [-0.15, -0.1) is 0 Å². The lowest BCUT2D eigenvalue weighted by Gasteiger charge is -2.44. The van der Waals surface area contributed by atoms with Gasteiger partial charge in [0.2, 0.25) is 0 Å². The van der Waals surface area contributed by atoms with Gasteiger partial charge in [0.1, 0.15) is 18.2 Å². The maximum Gasteiger partial charge on any atom is 0.397 e. The summed E-state index contributed by atoms with van der Waals surface area (Å²) in [6, 6.07) is 8.12. The highest BCUT2D eigenvalue weighted by Crippen LogP contribution is 2.34. The van der Waals surface area contributed by atoms with Crippen LogP contribution < -0.4 is 24.3 Å². The molecule has 0 unspecified atom stereocenters. The van der Waals surface area contributed by atoms with Crippen LogP contribution in [-0.4, -0.2) is 101 Å². The summed E-state index contributed by atoms with van der Waals surface area (Å²) in [5, 5.41) is 13.3. The van der Waals surface area contributed by atoms with Crippen molar-refractivity contribution in [3.05, 3.63) is 47.5 Å². The van der Waals surface area contributed by atoms with Crippen molar-refractivity contribution in [1.82, 2.24) is 5.32 Å². The number of benzene rings is 2. The predicted octanol–water partition coefficient (Wildman–Crippen LogP) is 14.6. The van der Waals surface area contributed by atoms with Gasteiger partial charge in [-0.25, -0.2) is 8.98 Å². The number of methoxy groups -OCH3 is 1. The van der Waals surface area contributed by atoms with Gasteiger partial charge in [-0.3, -0.25) is 9.35 Å². The Kier molecular flexibility index (Phi) is 37.1. The average Bonchev–Trinajstić information content (AvgIpc) is 3.42. The van der Waals surface area contributed by atoms with Crippen LogP contribution in [0.25, 0.3) is 0 Å². The van der Waals surface area contributed by atoms with Crippen molar-refractivity contribution in [2.24, 2.45) is 0 Å². The smallest absolute Gasteiger partial charge is 0.397 e. The number of amides is 1. The lowest BCUT2D eigenvalue weighted by atomic mass is 9.96. The molecule has 1 fully saturated rings. The molecule has 0 saturated carbocycles. The number of hydrogen-bond acceptors (Lipinski definition) is 13. The highest BCUT2D eigenvalue weighted by atomic mass is 32.3. The molecule has 3 rings (SSSR count). The zero-order chi connectivity index (χ0) is 55.8. The normalized spacial score (nSPS) is 17.5. The molecule has 5 atom stereocenters. The Balaban J connectivity index is 1.87. The molecule has 1 aliphatic heterocycles. The first-order valence-corrected chi connectivity index (χ1v) is 31.6. The van der Waals surface area contributed by atoms with Gasteiger partial charge < -0.3 is 43.6 Å². The van der Waals surface area contributed by atoms with E-state index in [0.717, 1.165) is 77.0 Å². The molecule has 0 radical (unpaired) electrons. The summed E-state index contributed by atoms with van der Waals surface area (Å²) in [7, 11) is -3.95. The Morgan fingerprint density at radius 3 is 1.22 bits per heavy atom. The van der Waals surface area contributed by atoms with Crippen LogP contribution in [0.15, 0.2) is 36.4 Å². The fourth-order valence-electron chi connectivity index (χ4n) is 9.65. The highest BCUT2D eigenvalue weighted by Gasteiger charge is 2.51. The fourth-order valence-corrected chi connectivity index (χ4v) is 10.2. The maximum absolute atomic E-state index is 14.4. The molecule has 2 aromatic rings. The minimum absolute atomic E-state index is 0.0351. The van der Waals surface area contributed by atoms with E-state index < -0.39 is 59.5 Å². The molecule has 1 saturated heterocycles. The Bertz CT molecular complexity index is 1950. The summed E-state index contributed by atoms with van der Waals surface area (Å²) in [6.45, 7) is 9.79. The first kappa shape index (κ1) is 67.6. The van der Waals surface area contributed by atoms with E-state index in [4.69, 9.17) is 37.3 Å². The molecular formula is C61H103NO14S. The number of nitrogens with one attached hydrogen (secondary N) is 1. The van der Waals surface area contributed by atoms with Crippen molar-refractivity contribution in [3.8, 4) is 23.0 Å². The van der Waals surface area contributed by atoms with Gasteiger partial charge in [0, 0.05) is 12.7 Å². The zero-order valence-corrected chi connectivity index (χ0v) is 49.0. The van der Waals surface area contributed by atoms with E-state index in [1.807, 2.05) is 0 Å². The number of esters is 1. The van der Waals surface area contributed by atoms with Gasteiger partial charge in [0.15, 0.2) is 35.4 Å². The number of carbonyl (C=O) groups excluding carboxylic acids is 2. The van der Waals surface area contributed by atoms with Crippen LogP contribution in [0.3, 0.4) is 0 Å². The van der Waals surface area contributed by atoms with E-state index in [1.165, 1.54) is 148 Å². The van der Waals surface area contributed by atoms with Crippen LogP contribution >= 0.6 is 0 Å². The summed E-state index contributed by atoms with van der Waals surface area (Å²) >= 11 is 0. The van der Waals surface area contributed by atoms with Crippen molar-refractivity contribution >= 4 is 22.3 Å². The standard InChI is InChI=1S/C61H103NO14S/c1-6-10-14-18-22-26-30-34-42-70-51-40-38-49(46-53(51)72-44-36-32-28-24-20-16-12-8-3)59(64)62-56-58(57(76-77(66,67)68)55(48-63)74-61(56)69-5)75-60(65)50-39-41-52(71-43-35-31-27-23-19-15-11-7-2)54(47-50)73-45-37-33-29-25-21-17-13-9-4/h38-41,46-47,55-58,61,63H,6-37,42-45,48H2,1-5H3,(H,62,64)(H,66,67,68)/t55-,56-,57-,58-,61+/m1/s1. The quantitative estimate of drug-likeness (QED) is 0.0322. The second-order valence-corrected chi connectivity index (χ2v) is 22.0. The molecule has 0 aromatic heterocycles. The second-order valence-electron chi connectivity index (χ2n) is 20.9. The number of ether oxygens (including phenoxy) is 7. The molecule has 1 aliphatic rings. The van der Waals surface area contributed by atoms with Crippen LogP contribution in [0.1, 0.15) is 254 Å². The van der Waals surface area contributed by atoms with Crippen LogP contribution in [0.2, 0.25) is 0 Å². The van der Waals surface area contributed by atoms with E-state index in [2.05, 4.69) is 33.0 Å². The lowest BCUT2D eigenvalue weighted by Crippen LogP contribution is -2.66. The van der Waals surface area contributed by atoms with Crippen molar-refractivity contribution in [1.29, 1.82) is 0 Å². The Morgan fingerprint density at radius 2 is 0.857 bits per heavy atom. The fraction of sp³-hybridized carbons (Fsp3) is 0.770. The predicted molar refractivity (Wildman–Crippen MR) is 305 cm³/mol. The summed E-state index contributed by atoms with van der Waals surface area (Å²) in [6.07, 6.45) is 30.1. The number of carbonyl (C=O) groups is 2. The third-order valence-corrected chi connectivity index (χ3v) is 14.7. The molecule has 1 amide bonds. The van der Waals surface area contributed by atoms with E-state index in [9.17, 15) is 27.7 Å². The van der Waals surface area contributed by atoms with Crippen molar-refractivity contribution in [2.75, 3.05) is 40.1 Å². The summed E-state index contributed by atoms with van der Waals surface area (Å²) in [5.74, 6) is 0.107. The molecule has 442 valence electrons. The van der Waals surface area contributed by atoms with Gasteiger partial charge >= 0.3 is 16.4 Å². The third-order valence-electron chi connectivity index (χ3n) is 14.2. The summed E-state index contributed by atoms with van der Waals surface area (Å²) in [5.41, 5.74) is 0.195. The van der Waals surface area contributed by atoms with Crippen LogP contribution in [0, 0.1) is 0 Å². The first-order chi connectivity index (χ1) is 37.5. The number of aliphatic hydroxyl groups is 1. The molecule has 2 aromatic carbocycles. The van der Waals surface area contributed by atoms with E-state index in [1.54, 1.807) is 24.3 Å². The maximum atomic E-state index is 14.4. The monoisotopic (exact) mass is 1110 g/mol. The van der Waals surface area contributed by atoms with E-state index in [0.29, 0.717) is 49.4 Å². The molecule has 16 heteroatoms. The molecule has 0 spiro atoms. The van der Waals surface area contributed by atoms with Gasteiger partial charge in [0.05, 0.1) is 38.6 Å². The average molecular weight is 1110 g/mol. The van der Waals surface area contributed by atoms with Crippen LogP contribution in [0.4, 0.5) is 0 Å². The van der Waals surface area contributed by atoms with Crippen molar-refractivity contribution in [3.63, 3.8) is 0 Å². The first-order valence-electron chi connectivity index (χ1n) is 30.3. The van der Waals surface area contributed by atoms with Gasteiger partial charge in [0.25, 0.3) is 5.91 Å². The molecule has 0 bridgehead atoms. The molecule has 3 N–H and O–H groups in total. The Morgan fingerprint density at radius 1 is 0.506 bits per heavy atom. The largest absolute Gasteiger partial charge is 0.490 e. The Hall–Kier alpha value is -3.67. The SMILES string of the molecule is CCCCCCCCCCOc1ccc(C(=O)N[C@H]2[C@@H](OC)O[C@H](CO)[C@@H](OS(=O)(=O)O)[C@@H]2OC(=O)c2ccc(OCCCCCCCCCC)c(OCCCCCCCCCC)c2)cc1OCCCCCCCCCC. The van der Waals surface area contributed by atoms with Crippen LogP contribution in [-0.2, 0) is 28.8 Å². The second kappa shape index (κ2) is 42.2. The van der Waals surface area contributed by atoms with Gasteiger partial charge in [-0.1, -0.05) is 207 Å². The minimum atomic E-state index is -5.24. The van der Waals surface area contributed by atoms with Gasteiger partial charge in [-0.05, 0) is 62.1 Å². The Labute approximate surface area is 465 Å². The molecular weight excluding hydrogens is 1000 g/mol. The van der Waals surface area contributed by atoms with E-state index in [-0.39, 0.29) is 11.1 Å². The molecule has 0 aliphatic carbocycles. The number of unbranched alkanes of at least 4 members (excludes halogenated alkanes) is 28. The lowest BCUT2D eigenvalue weighted by molar-refractivity contribution is -0.256. The number of rotatable bonds is 48. The highest BCUT2D eigenvalue weighted by molar-refractivity contribution is 7.80. The van der Waals surface area contributed by atoms with Crippen molar-refractivity contribution < 1.29 is 65.0 Å². The summed E-state index contributed by atoms with van der Waals surface area (Å²) < 4.78 is 82.6. The van der Waals surface area contributed by atoms with Crippen molar-refractivity contribution in [2.45, 2.75) is 264 Å². The molecule has 15 nitrogen and oxygen atoms in total. The molecule has 77 heavy (non-hydrogen) atoms. The minimum Gasteiger partial charge on any atom is -0.490 e. The summed E-state index contributed by atoms with van der Waals surface area (Å²) in [4.78, 5) is 28.8. The topological polar surface area (TPSA) is 195 Å². The van der Waals surface area contributed by atoms with Gasteiger partial charge in [-0.2, -0.15) is 8.42 Å².